The molecule has 5 nitrogen and oxygen atoms in total. The Morgan fingerprint density at radius 3 is 2.76 bits per heavy atom. The number of carbonyl (C=O) groups excluding carboxylic acids is 1. The van der Waals surface area contributed by atoms with Gasteiger partial charge in [-0.2, -0.15) is 0 Å². The third kappa shape index (κ3) is 2.20. The highest BCUT2D eigenvalue weighted by molar-refractivity contribution is 5.94. The smallest absolute Gasteiger partial charge is 0.328 e. The van der Waals surface area contributed by atoms with Gasteiger partial charge in [0.1, 0.15) is 0 Å². The molecule has 0 spiro atoms. The number of carbonyl (C=O) groups is 2. The van der Waals surface area contributed by atoms with Crippen LogP contribution >= 0.6 is 0 Å². The molecule has 94 valence electrons. The first kappa shape index (κ1) is 12.1. The Hall–Kier alpha value is -1.36. The summed E-state index contributed by atoms with van der Waals surface area (Å²) in [5.74, 6) is -1.01. The highest BCUT2D eigenvalue weighted by atomic mass is 16.4. The van der Waals surface area contributed by atoms with Crippen LogP contribution in [0.3, 0.4) is 0 Å². The number of carboxylic acids is 1. The van der Waals surface area contributed by atoms with Crippen molar-refractivity contribution in [2.75, 3.05) is 19.7 Å². The lowest BCUT2D eigenvalue weighted by Crippen LogP contribution is -2.33. The van der Waals surface area contributed by atoms with Gasteiger partial charge < -0.3 is 15.1 Å². The predicted octanol–water partition coefficient (Wildman–Crippen LogP) is 0.248. The maximum absolute atomic E-state index is 11.7. The van der Waals surface area contributed by atoms with E-state index >= 15 is 0 Å². The van der Waals surface area contributed by atoms with Crippen molar-refractivity contribution < 1.29 is 19.8 Å². The molecule has 1 heterocycles. The van der Waals surface area contributed by atoms with Gasteiger partial charge in [0.25, 0.3) is 0 Å². The standard InChI is InChI=1S/C12H17NO4/c14-8-12-5-1-2-9(12)6-13(7-12)10(15)3-4-11(16)17/h3-4,9,14H,1-2,5-8H2,(H,16,17)/b4-3+/t9-,12-/m0/s1. The molecule has 2 aliphatic rings. The van der Waals surface area contributed by atoms with Crippen molar-refractivity contribution in [3.63, 3.8) is 0 Å². The Morgan fingerprint density at radius 1 is 1.41 bits per heavy atom. The largest absolute Gasteiger partial charge is 0.478 e. The molecule has 2 fully saturated rings. The van der Waals surface area contributed by atoms with E-state index in [9.17, 15) is 14.7 Å². The summed E-state index contributed by atoms with van der Waals surface area (Å²) in [7, 11) is 0. The first-order valence-corrected chi connectivity index (χ1v) is 5.88. The fourth-order valence-electron chi connectivity index (χ4n) is 3.09. The number of carboxylic acid groups (broad SMARTS) is 1. The normalized spacial score (nSPS) is 32.1. The molecule has 1 saturated carbocycles. The van der Waals surface area contributed by atoms with Crippen LogP contribution in [-0.2, 0) is 9.59 Å². The molecule has 1 saturated heterocycles. The molecule has 0 aromatic carbocycles. The zero-order valence-corrected chi connectivity index (χ0v) is 9.63. The minimum Gasteiger partial charge on any atom is -0.478 e. The van der Waals surface area contributed by atoms with Crippen LogP contribution in [0.5, 0.6) is 0 Å². The number of amides is 1. The van der Waals surface area contributed by atoms with E-state index in [1.165, 1.54) is 0 Å². The lowest BCUT2D eigenvalue weighted by molar-refractivity contribution is -0.132. The number of aliphatic carboxylic acids is 1. The molecular formula is C12H17NO4. The lowest BCUT2D eigenvalue weighted by Gasteiger charge is -2.25. The fourth-order valence-corrected chi connectivity index (χ4v) is 3.09. The molecule has 0 bridgehead atoms. The van der Waals surface area contributed by atoms with E-state index in [0.717, 1.165) is 31.4 Å². The van der Waals surface area contributed by atoms with Crippen LogP contribution in [0.1, 0.15) is 19.3 Å². The van der Waals surface area contributed by atoms with E-state index < -0.39 is 5.97 Å². The number of hydrogen-bond acceptors (Lipinski definition) is 3. The van der Waals surface area contributed by atoms with Crippen LogP contribution in [0.25, 0.3) is 0 Å². The molecule has 0 radical (unpaired) electrons. The van der Waals surface area contributed by atoms with Crippen molar-refractivity contribution >= 4 is 11.9 Å². The van der Waals surface area contributed by atoms with Gasteiger partial charge in [-0.15, -0.1) is 0 Å². The SMILES string of the molecule is O=C(O)/C=C/C(=O)N1C[C@@H]2CCC[C@@]2(CO)C1. The van der Waals surface area contributed by atoms with Crippen LogP contribution in [0.4, 0.5) is 0 Å². The third-order valence-corrected chi connectivity index (χ3v) is 4.03. The maximum Gasteiger partial charge on any atom is 0.328 e. The number of aliphatic hydroxyl groups is 1. The van der Waals surface area contributed by atoms with E-state index in [2.05, 4.69) is 0 Å². The maximum atomic E-state index is 11.7. The second-order valence-corrected chi connectivity index (χ2v) is 5.00. The van der Waals surface area contributed by atoms with Gasteiger partial charge in [0.05, 0.1) is 6.61 Å². The molecule has 2 rings (SSSR count). The van der Waals surface area contributed by atoms with Gasteiger partial charge in [-0.25, -0.2) is 4.79 Å². The molecule has 1 amide bonds. The Labute approximate surface area is 99.7 Å². The number of hydrogen-bond donors (Lipinski definition) is 2. The second-order valence-electron chi connectivity index (χ2n) is 5.00. The summed E-state index contributed by atoms with van der Waals surface area (Å²) in [6, 6.07) is 0. The molecule has 17 heavy (non-hydrogen) atoms. The monoisotopic (exact) mass is 239 g/mol. The molecule has 1 aliphatic heterocycles. The van der Waals surface area contributed by atoms with Gasteiger partial charge in [-0.1, -0.05) is 6.42 Å². The molecule has 2 atom stereocenters. The van der Waals surface area contributed by atoms with E-state index in [-0.39, 0.29) is 17.9 Å². The number of aliphatic hydroxyl groups excluding tert-OH is 1. The van der Waals surface area contributed by atoms with Crippen molar-refractivity contribution in [2.24, 2.45) is 11.3 Å². The zero-order valence-electron chi connectivity index (χ0n) is 9.63. The van der Waals surface area contributed by atoms with Crippen molar-refractivity contribution in [1.82, 2.24) is 4.90 Å². The highest BCUT2D eigenvalue weighted by Gasteiger charge is 2.49. The first-order valence-electron chi connectivity index (χ1n) is 5.88. The molecule has 0 aromatic heterocycles. The van der Waals surface area contributed by atoms with E-state index in [0.29, 0.717) is 19.0 Å². The predicted molar refractivity (Wildman–Crippen MR) is 60.2 cm³/mol. The second kappa shape index (κ2) is 4.49. The summed E-state index contributed by atoms with van der Waals surface area (Å²) >= 11 is 0. The Balaban J connectivity index is 2.02. The first-order chi connectivity index (χ1) is 8.07. The minimum absolute atomic E-state index is 0.115. The molecule has 1 aliphatic carbocycles. The summed E-state index contributed by atoms with van der Waals surface area (Å²) in [6.45, 7) is 1.31. The van der Waals surface area contributed by atoms with Crippen molar-refractivity contribution in [1.29, 1.82) is 0 Å². The average molecular weight is 239 g/mol. The summed E-state index contributed by atoms with van der Waals surface area (Å²) in [4.78, 5) is 23.7. The van der Waals surface area contributed by atoms with Crippen LogP contribution < -0.4 is 0 Å². The summed E-state index contributed by atoms with van der Waals surface area (Å²) < 4.78 is 0. The van der Waals surface area contributed by atoms with Crippen molar-refractivity contribution in [3.8, 4) is 0 Å². The number of nitrogens with zero attached hydrogens (tertiary/aromatic N) is 1. The molecule has 2 N–H and O–H groups in total. The number of likely N-dealkylation sites (tertiary alicyclic amines) is 1. The summed E-state index contributed by atoms with van der Waals surface area (Å²) in [5.41, 5.74) is -0.132. The Morgan fingerprint density at radius 2 is 2.18 bits per heavy atom. The molecule has 0 unspecified atom stereocenters. The van der Waals surface area contributed by atoms with Crippen molar-refractivity contribution in [3.05, 3.63) is 12.2 Å². The fraction of sp³-hybridized carbons (Fsp3) is 0.667. The van der Waals surface area contributed by atoms with E-state index in [4.69, 9.17) is 5.11 Å². The minimum atomic E-state index is -1.12. The van der Waals surface area contributed by atoms with Gasteiger partial charge in [0.15, 0.2) is 0 Å². The third-order valence-electron chi connectivity index (χ3n) is 4.03. The van der Waals surface area contributed by atoms with Gasteiger partial charge >= 0.3 is 5.97 Å². The number of fused-ring (bicyclic) bond motifs is 1. The zero-order chi connectivity index (χ0) is 12.5. The molecule has 5 heteroatoms. The summed E-state index contributed by atoms with van der Waals surface area (Å²) in [6.07, 6.45) is 5.07. The Bertz CT molecular complexity index is 366. The van der Waals surface area contributed by atoms with Gasteiger partial charge in [-0.3, -0.25) is 4.79 Å². The molecular weight excluding hydrogens is 222 g/mol. The topological polar surface area (TPSA) is 77.8 Å². The highest BCUT2D eigenvalue weighted by Crippen LogP contribution is 2.48. The van der Waals surface area contributed by atoms with Crippen LogP contribution in [0.15, 0.2) is 12.2 Å². The number of rotatable bonds is 3. The van der Waals surface area contributed by atoms with E-state index in [1.54, 1.807) is 4.90 Å². The quantitative estimate of drug-likeness (QED) is 0.692. The van der Waals surface area contributed by atoms with Crippen LogP contribution in [0.2, 0.25) is 0 Å². The van der Waals surface area contributed by atoms with Gasteiger partial charge in [0, 0.05) is 30.7 Å². The average Bonchev–Trinajstić information content (AvgIpc) is 2.82. The van der Waals surface area contributed by atoms with Crippen LogP contribution in [0, 0.1) is 11.3 Å². The Kier molecular flexibility index (Phi) is 3.19. The van der Waals surface area contributed by atoms with Crippen LogP contribution in [-0.4, -0.2) is 46.7 Å². The van der Waals surface area contributed by atoms with Gasteiger partial charge in [-0.05, 0) is 18.8 Å². The molecule has 0 aromatic rings. The lowest BCUT2D eigenvalue weighted by atomic mass is 9.82. The van der Waals surface area contributed by atoms with Crippen molar-refractivity contribution in [2.45, 2.75) is 19.3 Å². The summed E-state index contributed by atoms with van der Waals surface area (Å²) in [5, 5.41) is 18.0. The van der Waals surface area contributed by atoms with Gasteiger partial charge in [0.2, 0.25) is 5.91 Å². The van der Waals surface area contributed by atoms with E-state index in [1.807, 2.05) is 0 Å².